The molecule has 0 aliphatic rings. The minimum atomic E-state index is -0.668. The molecule has 3 aromatic rings. The number of aromatic amines is 1. The van der Waals surface area contributed by atoms with Crippen LogP contribution < -0.4 is 11.1 Å². The maximum atomic E-state index is 11.8. The Labute approximate surface area is 137 Å². The summed E-state index contributed by atoms with van der Waals surface area (Å²) in [6.45, 7) is 0. The molecule has 8 heteroatoms. The maximum Gasteiger partial charge on any atom is 0.256 e. The van der Waals surface area contributed by atoms with Crippen LogP contribution in [0.25, 0.3) is 0 Å². The lowest BCUT2D eigenvalue weighted by Gasteiger charge is -2.04. The van der Waals surface area contributed by atoms with Gasteiger partial charge in [0.2, 0.25) is 0 Å². The van der Waals surface area contributed by atoms with Crippen LogP contribution in [0, 0.1) is 0 Å². The SMILES string of the molecule is NC(=O)c1c(N=Cc2cccc(O)c2)n[nH]c1Nc1cccnc1. The highest BCUT2D eigenvalue weighted by Gasteiger charge is 2.18. The van der Waals surface area contributed by atoms with Gasteiger partial charge in [0.25, 0.3) is 5.91 Å². The molecule has 24 heavy (non-hydrogen) atoms. The van der Waals surface area contributed by atoms with E-state index >= 15 is 0 Å². The first kappa shape index (κ1) is 15.2. The zero-order chi connectivity index (χ0) is 16.9. The fraction of sp³-hybridized carbons (Fsp3) is 0. The van der Waals surface area contributed by atoms with E-state index in [1.165, 1.54) is 12.3 Å². The number of primary amides is 1. The number of hydrogen-bond donors (Lipinski definition) is 4. The summed E-state index contributed by atoms with van der Waals surface area (Å²) in [4.78, 5) is 19.9. The van der Waals surface area contributed by atoms with Crippen molar-refractivity contribution in [1.29, 1.82) is 0 Å². The number of phenols is 1. The number of amides is 1. The fourth-order valence-electron chi connectivity index (χ4n) is 2.07. The number of aliphatic imine (C=N–C) groups is 1. The smallest absolute Gasteiger partial charge is 0.256 e. The third-order valence-electron chi connectivity index (χ3n) is 3.13. The van der Waals surface area contributed by atoms with E-state index in [9.17, 15) is 9.90 Å². The molecular formula is C16H14N6O2. The Hall–Kier alpha value is -3.68. The Morgan fingerprint density at radius 3 is 2.92 bits per heavy atom. The first-order valence-electron chi connectivity index (χ1n) is 7.02. The molecule has 3 rings (SSSR count). The number of nitrogens with one attached hydrogen (secondary N) is 2. The summed E-state index contributed by atoms with van der Waals surface area (Å²) >= 11 is 0. The number of hydrogen-bond acceptors (Lipinski definition) is 6. The molecule has 0 spiro atoms. The molecule has 2 heterocycles. The predicted molar refractivity (Wildman–Crippen MR) is 90.0 cm³/mol. The minimum Gasteiger partial charge on any atom is -0.508 e. The van der Waals surface area contributed by atoms with Crippen LogP contribution in [-0.4, -0.2) is 32.4 Å². The zero-order valence-electron chi connectivity index (χ0n) is 12.5. The Morgan fingerprint density at radius 1 is 1.33 bits per heavy atom. The highest BCUT2D eigenvalue weighted by molar-refractivity contribution is 6.03. The Balaban J connectivity index is 1.90. The monoisotopic (exact) mass is 322 g/mol. The molecule has 0 saturated heterocycles. The topological polar surface area (TPSA) is 129 Å². The summed E-state index contributed by atoms with van der Waals surface area (Å²) in [5.74, 6) is -0.0657. The fourth-order valence-corrected chi connectivity index (χ4v) is 2.07. The Morgan fingerprint density at radius 2 is 2.21 bits per heavy atom. The Kier molecular flexibility index (Phi) is 4.19. The van der Waals surface area contributed by atoms with Crippen molar-refractivity contribution in [3.63, 3.8) is 0 Å². The number of benzene rings is 1. The average Bonchev–Trinajstić information content (AvgIpc) is 2.97. The van der Waals surface area contributed by atoms with E-state index < -0.39 is 5.91 Å². The lowest BCUT2D eigenvalue weighted by molar-refractivity contribution is 0.100. The van der Waals surface area contributed by atoms with Crippen molar-refractivity contribution in [2.24, 2.45) is 10.7 Å². The van der Waals surface area contributed by atoms with Gasteiger partial charge in [-0.1, -0.05) is 12.1 Å². The molecule has 120 valence electrons. The van der Waals surface area contributed by atoms with Gasteiger partial charge in [0.1, 0.15) is 17.1 Å². The largest absolute Gasteiger partial charge is 0.508 e. The third kappa shape index (κ3) is 3.38. The van der Waals surface area contributed by atoms with Gasteiger partial charge in [-0.25, -0.2) is 4.99 Å². The van der Waals surface area contributed by atoms with Crippen molar-refractivity contribution in [3.05, 3.63) is 59.9 Å². The number of nitrogens with zero attached hydrogens (tertiary/aromatic N) is 3. The molecule has 0 fully saturated rings. The van der Waals surface area contributed by atoms with Crippen LogP contribution in [0.15, 0.2) is 53.8 Å². The number of aromatic nitrogens is 3. The second-order valence-corrected chi connectivity index (χ2v) is 4.88. The molecule has 0 aliphatic carbocycles. The third-order valence-corrected chi connectivity index (χ3v) is 3.13. The maximum absolute atomic E-state index is 11.8. The molecular weight excluding hydrogens is 308 g/mol. The number of pyridine rings is 1. The van der Waals surface area contributed by atoms with Gasteiger partial charge < -0.3 is 16.2 Å². The molecule has 8 nitrogen and oxygen atoms in total. The first-order valence-corrected chi connectivity index (χ1v) is 7.02. The van der Waals surface area contributed by atoms with Crippen molar-refractivity contribution in [3.8, 4) is 5.75 Å². The summed E-state index contributed by atoms with van der Waals surface area (Å²) in [5.41, 5.74) is 6.91. The second kappa shape index (κ2) is 6.61. The predicted octanol–water partition coefficient (Wildman–Crippen LogP) is 2.10. The number of H-pyrrole nitrogens is 1. The van der Waals surface area contributed by atoms with Crippen molar-refractivity contribution in [2.75, 3.05) is 5.32 Å². The second-order valence-electron chi connectivity index (χ2n) is 4.88. The molecule has 2 aromatic heterocycles. The lowest BCUT2D eigenvalue weighted by atomic mass is 10.2. The standard InChI is InChI=1S/C16H14N6O2/c17-14(24)13-15(19-8-10-3-1-5-12(23)7-10)21-22-16(13)20-11-4-2-6-18-9-11/h1-9,23H,(H2,17,24)(H2,20,21,22). The molecule has 1 aromatic carbocycles. The van der Waals surface area contributed by atoms with Crippen LogP contribution in [0.5, 0.6) is 5.75 Å². The number of aromatic hydroxyl groups is 1. The number of carbonyl (C=O) groups excluding carboxylic acids is 1. The number of phenolic OH excluding ortho intramolecular Hbond substituents is 1. The molecule has 0 radical (unpaired) electrons. The first-order chi connectivity index (χ1) is 11.6. The summed E-state index contributed by atoms with van der Waals surface area (Å²) in [7, 11) is 0. The minimum absolute atomic E-state index is 0.120. The van der Waals surface area contributed by atoms with E-state index in [0.717, 1.165) is 0 Å². The summed E-state index contributed by atoms with van der Waals surface area (Å²) in [6, 6.07) is 10.1. The molecule has 0 bridgehead atoms. The van der Waals surface area contributed by atoms with E-state index in [1.54, 1.807) is 42.7 Å². The van der Waals surface area contributed by atoms with Crippen LogP contribution in [0.1, 0.15) is 15.9 Å². The van der Waals surface area contributed by atoms with Crippen LogP contribution in [0.2, 0.25) is 0 Å². The van der Waals surface area contributed by atoms with Gasteiger partial charge in [-0.15, -0.1) is 0 Å². The quantitative estimate of drug-likeness (QED) is 0.535. The highest BCUT2D eigenvalue weighted by atomic mass is 16.3. The van der Waals surface area contributed by atoms with Gasteiger partial charge >= 0.3 is 0 Å². The van der Waals surface area contributed by atoms with Crippen LogP contribution in [-0.2, 0) is 0 Å². The molecule has 5 N–H and O–H groups in total. The van der Waals surface area contributed by atoms with Gasteiger partial charge in [0.15, 0.2) is 5.82 Å². The molecule has 0 unspecified atom stereocenters. The number of carbonyl (C=O) groups is 1. The molecule has 0 aliphatic heterocycles. The van der Waals surface area contributed by atoms with Gasteiger partial charge in [-0.3, -0.25) is 14.9 Å². The van der Waals surface area contributed by atoms with E-state index in [2.05, 4.69) is 25.5 Å². The summed E-state index contributed by atoms with van der Waals surface area (Å²) in [5, 5.41) is 19.1. The van der Waals surface area contributed by atoms with Crippen molar-refractivity contribution < 1.29 is 9.90 Å². The number of anilines is 2. The Bertz CT molecular complexity index is 889. The van der Waals surface area contributed by atoms with E-state index in [-0.39, 0.29) is 17.1 Å². The molecule has 0 saturated carbocycles. The number of rotatable bonds is 5. The highest BCUT2D eigenvalue weighted by Crippen LogP contribution is 2.26. The van der Waals surface area contributed by atoms with Gasteiger partial charge in [-0.2, -0.15) is 5.10 Å². The van der Waals surface area contributed by atoms with E-state index in [1.807, 2.05) is 0 Å². The van der Waals surface area contributed by atoms with Gasteiger partial charge in [-0.05, 0) is 29.8 Å². The molecule has 1 amide bonds. The van der Waals surface area contributed by atoms with Gasteiger partial charge in [0, 0.05) is 12.4 Å². The van der Waals surface area contributed by atoms with Crippen molar-refractivity contribution in [2.45, 2.75) is 0 Å². The zero-order valence-corrected chi connectivity index (χ0v) is 12.5. The lowest BCUT2D eigenvalue weighted by Crippen LogP contribution is -2.12. The summed E-state index contributed by atoms with van der Waals surface area (Å²) in [6.07, 6.45) is 4.72. The van der Waals surface area contributed by atoms with Crippen LogP contribution in [0.3, 0.4) is 0 Å². The van der Waals surface area contributed by atoms with Crippen molar-refractivity contribution >= 4 is 29.4 Å². The van der Waals surface area contributed by atoms with Crippen LogP contribution in [0.4, 0.5) is 17.3 Å². The number of nitrogens with two attached hydrogens (primary N) is 1. The van der Waals surface area contributed by atoms with Crippen molar-refractivity contribution in [1.82, 2.24) is 15.2 Å². The summed E-state index contributed by atoms with van der Waals surface area (Å²) < 4.78 is 0. The van der Waals surface area contributed by atoms with E-state index in [4.69, 9.17) is 5.73 Å². The normalized spacial score (nSPS) is 10.8. The van der Waals surface area contributed by atoms with E-state index in [0.29, 0.717) is 17.1 Å². The average molecular weight is 322 g/mol. The molecule has 0 atom stereocenters. The van der Waals surface area contributed by atoms with Crippen LogP contribution >= 0.6 is 0 Å². The van der Waals surface area contributed by atoms with Gasteiger partial charge in [0.05, 0.1) is 11.9 Å².